The molecular weight excluding hydrogens is 222 g/mol. The number of rotatable bonds is 4. The van der Waals surface area contributed by atoms with Gasteiger partial charge in [0, 0.05) is 12.6 Å². The zero-order valence-electron chi connectivity index (χ0n) is 12.1. The molecule has 1 atom stereocenters. The summed E-state index contributed by atoms with van der Waals surface area (Å²) in [6.07, 6.45) is 14.6. The number of ether oxygens (including phenoxy) is 1. The Hall–Kier alpha value is -0.0800. The maximum absolute atomic E-state index is 6.69. The molecule has 2 aliphatic rings. The largest absolute Gasteiger partial charge is 0.374 e. The van der Waals surface area contributed by atoms with Crippen LogP contribution in [0.3, 0.4) is 0 Å². The van der Waals surface area contributed by atoms with Gasteiger partial charge in [-0.05, 0) is 38.5 Å². The molecule has 0 aromatic carbocycles. The highest BCUT2D eigenvalue weighted by Gasteiger charge is 2.42. The van der Waals surface area contributed by atoms with Crippen molar-refractivity contribution in [1.29, 1.82) is 0 Å². The van der Waals surface area contributed by atoms with Gasteiger partial charge in [-0.15, -0.1) is 0 Å². The molecule has 0 aliphatic heterocycles. The lowest BCUT2D eigenvalue weighted by atomic mass is 9.73. The van der Waals surface area contributed by atoms with Crippen molar-refractivity contribution in [2.45, 2.75) is 89.2 Å². The van der Waals surface area contributed by atoms with E-state index >= 15 is 0 Å². The molecule has 0 radical (unpaired) electrons. The maximum Gasteiger partial charge on any atom is 0.0835 e. The van der Waals surface area contributed by atoms with Gasteiger partial charge in [-0.25, -0.2) is 0 Å². The Bertz CT molecular complexity index is 222. The SMILES string of the molecule is CCOC1(C(N)C2CCCCCC2)CCCCC1. The van der Waals surface area contributed by atoms with Gasteiger partial charge in [-0.2, -0.15) is 0 Å². The first-order chi connectivity index (χ1) is 8.78. The Kier molecular flexibility index (Phi) is 5.50. The van der Waals surface area contributed by atoms with Gasteiger partial charge in [0.1, 0.15) is 0 Å². The summed E-state index contributed by atoms with van der Waals surface area (Å²) in [5.41, 5.74) is 6.70. The first-order valence-corrected chi connectivity index (χ1v) is 8.18. The highest BCUT2D eigenvalue weighted by Crippen LogP contribution is 2.39. The minimum absolute atomic E-state index is 0.0159. The minimum Gasteiger partial charge on any atom is -0.374 e. The summed E-state index contributed by atoms with van der Waals surface area (Å²) in [6, 6.07) is 0.274. The number of hydrogen-bond acceptors (Lipinski definition) is 2. The Balaban J connectivity index is 2.03. The summed E-state index contributed by atoms with van der Waals surface area (Å²) < 4.78 is 6.20. The normalized spacial score (nSPS) is 27.7. The van der Waals surface area contributed by atoms with Crippen LogP contribution in [0, 0.1) is 5.92 Å². The number of hydrogen-bond donors (Lipinski definition) is 1. The summed E-state index contributed by atoms with van der Waals surface area (Å²) in [4.78, 5) is 0. The fourth-order valence-corrected chi connectivity index (χ4v) is 4.11. The summed E-state index contributed by atoms with van der Waals surface area (Å²) in [5.74, 6) is 0.706. The van der Waals surface area contributed by atoms with E-state index in [-0.39, 0.29) is 11.6 Å². The smallest absolute Gasteiger partial charge is 0.0835 e. The third kappa shape index (κ3) is 3.27. The molecule has 2 rings (SSSR count). The van der Waals surface area contributed by atoms with Crippen molar-refractivity contribution in [3.63, 3.8) is 0 Å². The van der Waals surface area contributed by atoms with Crippen LogP contribution in [0.15, 0.2) is 0 Å². The van der Waals surface area contributed by atoms with Crippen molar-refractivity contribution < 1.29 is 4.74 Å². The molecule has 106 valence electrons. The van der Waals surface area contributed by atoms with Crippen molar-refractivity contribution in [2.75, 3.05) is 6.61 Å². The van der Waals surface area contributed by atoms with E-state index in [1.165, 1.54) is 70.6 Å². The molecule has 0 aromatic rings. The molecule has 2 aliphatic carbocycles. The fourth-order valence-electron chi connectivity index (χ4n) is 4.11. The van der Waals surface area contributed by atoms with Gasteiger partial charge < -0.3 is 10.5 Å². The van der Waals surface area contributed by atoms with E-state index < -0.39 is 0 Å². The van der Waals surface area contributed by atoms with Crippen LogP contribution in [0.2, 0.25) is 0 Å². The van der Waals surface area contributed by atoms with E-state index in [9.17, 15) is 0 Å². The van der Waals surface area contributed by atoms with Crippen molar-refractivity contribution in [3.05, 3.63) is 0 Å². The highest BCUT2D eigenvalue weighted by atomic mass is 16.5. The summed E-state index contributed by atoms with van der Waals surface area (Å²) >= 11 is 0. The first-order valence-electron chi connectivity index (χ1n) is 8.18. The molecule has 2 heteroatoms. The van der Waals surface area contributed by atoms with Crippen LogP contribution in [0.25, 0.3) is 0 Å². The summed E-state index contributed by atoms with van der Waals surface area (Å²) in [5, 5.41) is 0. The fraction of sp³-hybridized carbons (Fsp3) is 1.00. The van der Waals surface area contributed by atoms with Gasteiger partial charge in [0.05, 0.1) is 5.60 Å². The predicted octanol–water partition coefficient (Wildman–Crippen LogP) is 4.02. The third-order valence-electron chi connectivity index (χ3n) is 5.15. The van der Waals surface area contributed by atoms with Crippen LogP contribution in [0.5, 0.6) is 0 Å². The average Bonchev–Trinajstić information content (AvgIpc) is 2.68. The van der Waals surface area contributed by atoms with E-state index in [0.717, 1.165) is 6.61 Å². The molecular formula is C16H31NO. The van der Waals surface area contributed by atoms with Gasteiger partial charge in [0.2, 0.25) is 0 Å². The van der Waals surface area contributed by atoms with Crippen LogP contribution < -0.4 is 5.73 Å². The minimum atomic E-state index is 0.0159. The van der Waals surface area contributed by atoms with Gasteiger partial charge in [0.15, 0.2) is 0 Å². The quantitative estimate of drug-likeness (QED) is 0.768. The van der Waals surface area contributed by atoms with E-state index in [1.54, 1.807) is 0 Å². The van der Waals surface area contributed by atoms with E-state index in [1.807, 2.05) is 0 Å². The van der Waals surface area contributed by atoms with Gasteiger partial charge in [0.25, 0.3) is 0 Å². The van der Waals surface area contributed by atoms with Crippen LogP contribution in [0.1, 0.15) is 77.6 Å². The topological polar surface area (TPSA) is 35.2 Å². The second-order valence-electron chi connectivity index (χ2n) is 6.34. The molecule has 0 aromatic heterocycles. The molecule has 2 saturated carbocycles. The van der Waals surface area contributed by atoms with Crippen molar-refractivity contribution in [3.8, 4) is 0 Å². The van der Waals surface area contributed by atoms with Crippen molar-refractivity contribution in [2.24, 2.45) is 11.7 Å². The predicted molar refractivity (Wildman–Crippen MR) is 76.6 cm³/mol. The van der Waals surface area contributed by atoms with Gasteiger partial charge in [-0.3, -0.25) is 0 Å². The van der Waals surface area contributed by atoms with Gasteiger partial charge in [-0.1, -0.05) is 44.9 Å². The first kappa shape index (κ1) is 14.3. The molecule has 18 heavy (non-hydrogen) atoms. The highest BCUT2D eigenvalue weighted by molar-refractivity contribution is 4.97. The summed E-state index contributed by atoms with van der Waals surface area (Å²) in [6.45, 7) is 2.94. The molecule has 0 saturated heterocycles. The van der Waals surface area contributed by atoms with Crippen LogP contribution in [-0.4, -0.2) is 18.2 Å². The van der Waals surface area contributed by atoms with Crippen LogP contribution in [0.4, 0.5) is 0 Å². The molecule has 2 fully saturated rings. The van der Waals surface area contributed by atoms with Crippen LogP contribution >= 0.6 is 0 Å². The molecule has 0 amide bonds. The van der Waals surface area contributed by atoms with E-state index in [0.29, 0.717) is 5.92 Å². The second-order valence-corrected chi connectivity index (χ2v) is 6.34. The van der Waals surface area contributed by atoms with E-state index in [2.05, 4.69) is 6.92 Å². The third-order valence-corrected chi connectivity index (χ3v) is 5.15. The molecule has 0 bridgehead atoms. The Morgan fingerprint density at radius 3 is 2.11 bits per heavy atom. The zero-order chi connectivity index (χ0) is 12.8. The van der Waals surface area contributed by atoms with E-state index in [4.69, 9.17) is 10.5 Å². The second kappa shape index (κ2) is 6.91. The number of nitrogens with two attached hydrogens (primary N) is 1. The Morgan fingerprint density at radius 2 is 1.56 bits per heavy atom. The lowest BCUT2D eigenvalue weighted by molar-refractivity contribution is -0.0945. The average molecular weight is 253 g/mol. The lowest BCUT2D eigenvalue weighted by Gasteiger charge is -2.44. The molecule has 2 nitrogen and oxygen atoms in total. The molecule has 2 N–H and O–H groups in total. The Morgan fingerprint density at radius 1 is 1.00 bits per heavy atom. The monoisotopic (exact) mass is 253 g/mol. The van der Waals surface area contributed by atoms with Gasteiger partial charge >= 0.3 is 0 Å². The molecule has 0 heterocycles. The lowest BCUT2D eigenvalue weighted by Crippen LogP contribution is -2.55. The van der Waals surface area contributed by atoms with Crippen molar-refractivity contribution >= 4 is 0 Å². The zero-order valence-corrected chi connectivity index (χ0v) is 12.1. The van der Waals surface area contributed by atoms with Crippen molar-refractivity contribution in [1.82, 2.24) is 0 Å². The maximum atomic E-state index is 6.69. The summed E-state index contributed by atoms with van der Waals surface area (Å²) in [7, 11) is 0. The molecule has 1 unspecified atom stereocenters. The van der Waals surface area contributed by atoms with Crippen LogP contribution in [-0.2, 0) is 4.74 Å². The standard InChI is InChI=1S/C16H31NO/c1-2-18-16(12-8-5-9-13-16)15(17)14-10-6-3-4-7-11-14/h14-15H,2-13,17H2,1H3. The molecule has 0 spiro atoms. The Labute approximate surface area is 113 Å².